The molecule has 0 spiro atoms. The van der Waals surface area contributed by atoms with Gasteiger partial charge in [0, 0.05) is 0 Å². The van der Waals surface area contributed by atoms with Crippen LogP contribution in [-0.4, -0.2) is 31.1 Å². The molecule has 2 heterocycles. The van der Waals surface area contributed by atoms with Crippen LogP contribution in [0, 0.1) is 0 Å². The van der Waals surface area contributed by atoms with Gasteiger partial charge in [-0.2, -0.15) is 0 Å². The average molecular weight is 230 g/mol. The van der Waals surface area contributed by atoms with Crippen LogP contribution < -0.4 is 5.69 Å². The highest BCUT2D eigenvalue weighted by Gasteiger charge is 2.09. The molecular formula is C6H6N4O2S2. The van der Waals surface area contributed by atoms with Crippen LogP contribution in [0.3, 0.4) is 0 Å². The zero-order valence-corrected chi connectivity index (χ0v) is 8.72. The topological polar surface area (TPSA) is 83.8 Å². The van der Waals surface area contributed by atoms with Crippen LogP contribution in [0.5, 0.6) is 5.88 Å². The second-order valence-corrected chi connectivity index (χ2v) is 4.38. The largest absolute Gasteiger partial charge is 0.493 e. The van der Waals surface area contributed by atoms with Crippen molar-refractivity contribution in [1.82, 2.24) is 19.7 Å². The second kappa shape index (κ2) is 3.46. The SMILES string of the molecule is CSc1nnc(-n2cc(O)[nH]c2=O)s1. The van der Waals surface area contributed by atoms with Gasteiger partial charge in [0.15, 0.2) is 4.34 Å². The molecule has 74 valence electrons. The Balaban J connectivity index is 2.49. The zero-order valence-electron chi connectivity index (χ0n) is 7.09. The summed E-state index contributed by atoms with van der Waals surface area (Å²) in [4.78, 5) is 13.4. The number of rotatable bonds is 2. The quantitative estimate of drug-likeness (QED) is 0.731. The van der Waals surface area contributed by atoms with Gasteiger partial charge >= 0.3 is 5.69 Å². The highest BCUT2D eigenvalue weighted by molar-refractivity contribution is 8.00. The maximum Gasteiger partial charge on any atom is 0.334 e. The summed E-state index contributed by atoms with van der Waals surface area (Å²) >= 11 is 2.74. The molecule has 0 saturated heterocycles. The molecular weight excluding hydrogens is 224 g/mol. The molecule has 6 nitrogen and oxygen atoms in total. The van der Waals surface area contributed by atoms with E-state index in [1.165, 1.54) is 33.9 Å². The normalized spacial score (nSPS) is 10.6. The van der Waals surface area contributed by atoms with Crippen molar-refractivity contribution in [2.45, 2.75) is 4.34 Å². The smallest absolute Gasteiger partial charge is 0.334 e. The summed E-state index contributed by atoms with van der Waals surface area (Å²) in [6, 6.07) is 0. The molecule has 0 bridgehead atoms. The summed E-state index contributed by atoms with van der Waals surface area (Å²) in [7, 11) is 0. The Morgan fingerprint density at radius 1 is 1.64 bits per heavy atom. The lowest BCUT2D eigenvalue weighted by molar-refractivity contribution is 0.455. The summed E-state index contributed by atoms with van der Waals surface area (Å²) in [5.41, 5.74) is -0.425. The predicted octanol–water partition coefficient (Wildman–Crippen LogP) is 0.445. The van der Waals surface area contributed by atoms with Crippen molar-refractivity contribution < 1.29 is 5.11 Å². The third-order valence-corrected chi connectivity index (χ3v) is 3.38. The van der Waals surface area contributed by atoms with Gasteiger partial charge in [0.2, 0.25) is 11.0 Å². The van der Waals surface area contributed by atoms with Crippen molar-refractivity contribution in [3.63, 3.8) is 0 Å². The Bertz CT molecular complexity index is 500. The first kappa shape index (κ1) is 9.28. The maximum absolute atomic E-state index is 11.2. The number of imidazole rings is 1. The molecule has 2 aromatic rings. The fraction of sp³-hybridized carbons (Fsp3) is 0.167. The number of hydrogen-bond acceptors (Lipinski definition) is 6. The number of H-pyrrole nitrogens is 1. The first-order valence-corrected chi connectivity index (χ1v) is 5.63. The highest BCUT2D eigenvalue weighted by atomic mass is 32.2. The first-order chi connectivity index (χ1) is 6.70. The monoisotopic (exact) mass is 230 g/mol. The van der Waals surface area contributed by atoms with Crippen LogP contribution in [0.25, 0.3) is 5.13 Å². The zero-order chi connectivity index (χ0) is 10.1. The molecule has 0 atom stereocenters. The van der Waals surface area contributed by atoms with E-state index >= 15 is 0 Å². The number of aromatic hydroxyl groups is 1. The molecule has 0 aliphatic rings. The van der Waals surface area contributed by atoms with Crippen molar-refractivity contribution in [2.75, 3.05) is 6.26 Å². The van der Waals surface area contributed by atoms with Crippen LogP contribution in [0.15, 0.2) is 15.3 Å². The van der Waals surface area contributed by atoms with Crippen molar-refractivity contribution in [3.05, 3.63) is 16.7 Å². The van der Waals surface area contributed by atoms with E-state index in [1.54, 1.807) is 0 Å². The van der Waals surface area contributed by atoms with E-state index in [0.717, 1.165) is 4.34 Å². The summed E-state index contributed by atoms with van der Waals surface area (Å²) in [5.74, 6) is -0.184. The fourth-order valence-electron chi connectivity index (χ4n) is 0.907. The van der Waals surface area contributed by atoms with E-state index in [1.807, 2.05) is 6.26 Å². The van der Waals surface area contributed by atoms with Gasteiger partial charge in [-0.15, -0.1) is 10.2 Å². The Kier molecular flexibility index (Phi) is 2.30. The Hall–Kier alpha value is -1.28. The van der Waals surface area contributed by atoms with Crippen LogP contribution in [0.1, 0.15) is 0 Å². The van der Waals surface area contributed by atoms with E-state index in [0.29, 0.717) is 5.13 Å². The van der Waals surface area contributed by atoms with Crippen molar-refractivity contribution in [3.8, 4) is 11.0 Å². The van der Waals surface area contributed by atoms with Crippen molar-refractivity contribution >= 4 is 23.1 Å². The minimum atomic E-state index is -0.425. The molecule has 14 heavy (non-hydrogen) atoms. The van der Waals surface area contributed by atoms with Gasteiger partial charge in [0.1, 0.15) is 0 Å². The molecule has 0 fully saturated rings. The molecule has 2 aromatic heterocycles. The average Bonchev–Trinajstić information content (AvgIpc) is 2.71. The van der Waals surface area contributed by atoms with Gasteiger partial charge in [-0.25, -0.2) is 9.36 Å². The summed E-state index contributed by atoms with van der Waals surface area (Å²) in [5, 5.41) is 17.1. The van der Waals surface area contributed by atoms with Crippen LogP contribution in [0.4, 0.5) is 0 Å². The number of thioether (sulfide) groups is 1. The lowest BCUT2D eigenvalue weighted by atomic mass is 10.8. The third-order valence-electron chi connectivity index (χ3n) is 1.48. The molecule has 8 heteroatoms. The van der Waals surface area contributed by atoms with E-state index in [9.17, 15) is 4.79 Å². The number of aromatic nitrogens is 4. The van der Waals surface area contributed by atoms with Crippen LogP contribution in [-0.2, 0) is 0 Å². The molecule has 0 aromatic carbocycles. The standard InChI is InChI=1S/C6H6N4O2S2/c1-13-6-9-8-5(14-6)10-2-3(11)7-4(10)12/h2,11H,1H3,(H,7,12). The molecule has 2 rings (SSSR count). The number of nitrogens with one attached hydrogen (secondary N) is 1. The van der Waals surface area contributed by atoms with Gasteiger partial charge in [-0.1, -0.05) is 23.1 Å². The summed E-state index contributed by atoms with van der Waals surface area (Å²) in [6.07, 6.45) is 3.15. The van der Waals surface area contributed by atoms with Gasteiger partial charge in [0.05, 0.1) is 6.20 Å². The van der Waals surface area contributed by atoms with E-state index in [4.69, 9.17) is 5.11 Å². The molecule has 0 unspecified atom stereocenters. The molecule has 2 N–H and O–H groups in total. The van der Waals surface area contributed by atoms with Crippen LogP contribution in [0.2, 0.25) is 0 Å². The van der Waals surface area contributed by atoms with E-state index in [2.05, 4.69) is 15.2 Å². The molecule has 0 aliphatic heterocycles. The molecule has 0 aliphatic carbocycles. The summed E-state index contributed by atoms with van der Waals surface area (Å²) < 4.78 is 1.99. The first-order valence-electron chi connectivity index (χ1n) is 3.59. The van der Waals surface area contributed by atoms with Crippen molar-refractivity contribution in [1.29, 1.82) is 0 Å². The Morgan fingerprint density at radius 2 is 2.43 bits per heavy atom. The van der Waals surface area contributed by atoms with Gasteiger partial charge in [-0.3, -0.25) is 4.98 Å². The fourth-order valence-corrected chi connectivity index (χ4v) is 2.14. The number of aromatic amines is 1. The molecule has 0 radical (unpaired) electrons. The maximum atomic E-state index is 11.2. The second-order valence-electron chi connectivity index (χ2n) is 2.37. The highest BCUT2D eigenvalue weighted by Crippen LogP contribution is 2.21. The minimum absolute atomic E-state index is 0.184. The predicted molar refractivity (Wildman–Crippen MR) is 53.3 cm³/mol. The van der Waals surface area contributed by atoms with Crippen LogP contribution >= 0.6 is 23.1 Å². The minimum Gasteiger partial charge on any atom is -0.493 e. The lowest BCUT2D eigenvalue weighted by Gasteiger charge is -1.88. The Morgan fingerprint density at radius 3 is 2.93 bits per heavy atom. The Labute approximate surface area is 86.6 Å². The lowest BCUT2D eigenvalue weighted by Crippen LogP contribution is -2.13. The third kappa shape index (κ3) is 1.53. The van der Waals surface area contributed by atoms with Gasteiger partial charge < -0.3 is 5.11 Å². The number of nitrogens with zero attached hydrogens (tertiary/aromatic N) is 3. The van der Waals surface area contributed by atoms with Gasteiger partial charge in [0.25, 0.3) is 0 Å². The van der Waals surface area contributed by atoms with Gasteiger partial charge in [-0.05, 0) is 6.26 Å². The van der Waals surface area contributed by atoms with Crippen molar-refractivity contribution in [2.24, 2.45) is 0 Å². The number of hydrogen-bond donors (Lipinski definition) is 2. The van der Waals surface area contributed by atoms with E-state index in [-0.39, 0.29) is 5.88 Å². The molecule has 0 amide bonds. The van der Waals surface area contributed by atoms with E-state index < -0.39 is 5.69 Å². The summed E-state index contributed by atoms with van der Waals surface area (Å²) in [6.45, 7) is 0. The molecule has 0 saturated carbocycles.